The highest BCUT2D eigenvalue weighted by Gasteiger charge is 2.26. The van der Waals surface area contributed by atoms with Gasteiger partial charge in [-0.05, 0) is 31.7 Å². The maximum absolute atomic E-state index is 10.3. The van der Waals surface area contributed by atoms with Crippen molar-refractivity contribution in [1.29, 1.82) is 0 Å². The zero-order valence-electron chi connectivity index (χ0n) is 12.7. The van der Waals surface area contributed by atoms with Gasteiger partial charge < -0.3 is 5.11 Å². The van der Waals surface area contributed by atoms with Crippen LogP contribution in [0.4, 0.5) is 0 Å². The van der Waals surface area contributed by atoms with Crippen molar-refractivity contribution in [2.45, 2.75) is 52.1 Å². The molecule has 0 radical (unpaired) electrons. The minimum atomic E-state index is -0.803. The SMILES string of the molecule is CC(C)c1nc(CCc2ccccc2)sc1C(C)(C)O. The van der Waals surface area contributed by atoms with Crippen molar-refractivity contribution >= 4 is 11.3 Å². The van der Waals surface area contributed by atoms with E-state index in [1.807, 2.05) is 19.9 Å². The molecule has 2 rings (SSSR count). The second-order valence-corrected chi connectivity index (χ2v) is 7.10. The van der Waals surface area contributed by atoms with Gasteiger partial charge in [0.2, 0.25) is 0 Å². The van der Waals surface area contributed by atoms with Crippen LogP contribution in [0.15, 0.2) is 30.3 Å². The Morgan fingerprint density at radius 1 is 1.15 bits per heavy atom. The highest BCUT2D eigenvalue weighted by molar-refractivity contribution is 7.11. The molecule has 1 N–H and O–H groups in total. The molecular formula is C17H23NOS. The molecule has 0 amide bonds. The molecule has 0 aliphatic rings. The first-order valence-corrected chi connectivity index (χ1v) is 7.96. The Balaban J connectivity index is 2.17. The predicted octanol–water partition coefficient (Wildman–Crippen LogP) is 4.28. The normalized spacial score (nSPS) is 12.1. The molecule has 20 heavy (non-hydrogen) atoms. The lowest BCUT2D eigenvalue weighted by molar-refractivity contribution is 0.0811. The third-order valence-electron chi connectivity index (χ3n) is 3.27. The van der Waals surface area contributed by atoms with Gasteiger partial charge in [0.25, 0.3) is 0 Å². The van der Waals surface area contributed by atoms with E-state index < -0.39 is 5.60 Å². The first kappa shape index (κ1) is 15.2. The molecule has 0 unspecified atom stereocenters. The van der Waals surface area contributed by atoms with Gasteiger partial charge in [-0.2, -0.15) is 0 Å². The maximum Gasteiger partial charge on any atom is 0.0951 e. The van der Waals surface area contributed by atoms with Gasteiger partial charge in [0.15, 0.2) is 0 Å². The van der Waals surface area contributed by atoms with E-state index in [0.717, 1.165) is 28.4 Å². The van der Waals surface area contributed by atoms with Crippen molar-refractivity contribution in [2.24, 2.45) is 0 Å². The fraction of sp³-hybridized carbons (Fsp3) is 0.471. The minimum Gasteiger partial charge on any atom is -0.385 e. The van der Waals surface area contributed by atoms with Crippen LogP contribution < -0.4 is 0 Å². The summed E-state index contributed by atoms with van der Waals surface area (Å²) in [5, 5.41) is 11.4. The molecule has 0 saturated heterocycles. The zero-order valence-corrected chi connectivity index (χ0v) is 13.5. The number of aryl methyl sites for hydroxylation is 2. The van der Waals surface area contributed by atoms with Crippen LogP contribution in [0, 0.1) is 0 Å². The van der Waals surface area contributed by atoms with Gasteiger partial charge in [0.05, 0.1) is 21.2 Å². The Labute approximate surface area is 125 Å². The summed E-state index contributed by atoms with van der Waals surface area (Å²) in [7, 11) is 0. The van der Waals surface area contributed by atoms with E-state index in [-0.39, 0.29) is 0 Å². The summed E-state index contributed by atoms with van der Waals surface area (Å²) in [4.78, 5) is 5.76. The van der Waals surface area contributed by atoms with Crippen molar-refractivity contribution in [3.63, 3.8) is 0 Å². The number of aromatic nitrogens is 1. The van der Waals surface area contributed by atoms with Crippen molar-refractivity contribution < 1.29 is 5.11 Å². The Hall–Kier alpha value is -1.19. The van der Waals surface area contributed by atoms with Crippen LogP contribution in [0.5, 0.6) is 0 Å². The molecule has 2 aromatic rings. The number of nitrogens with zero attached hydrogens (tertiary/aromatic N) is 1. The van der Waals surface area contributed by atoms with E-state index in [0.29, 0.717) is 5.92 Å². The van der Waals surface area contributed by atoms with Gasteiger partial charge in [-0.15, -0.1) is 11.3 Å². The van der Waals surface area contributed by atoms with Gasteiger partial charge >= 0.3 is 0 Å². The Morgan fingerprint density at radius 2 is 1.80 bits per heavy atom. The van der Waals surface area contributed by atoms with Gasteiger partial charge in [0.1, 0.15) is 0 Å². The summed E-state index contributed by atoms with van der Waals surface area (Å²) < 4.78 is 0. The zero-order chi connectivity index (χ0) is 14.8. The molecule has 0 bridgehead atoms. The maximum atomic E-state index is 10.3. The van der Waals surface area contributed by atoms with Gasteiger partial charge in [0, 0.05) is 6.42 Å². The molecule has 0 fully saturated rings. The number of hydrogen-bond donors (Lipinski definition) is 1. The monoisotopic (exact) mass is 289 g/mol. The molecule has 1 heterocycles. The van der Waals surface area contributed by atoms with Crippen molar-refractivity contribution in [2.75, 3.05) is 0 Å². The number of rotatable bonds is 5. The van der Waals surface area contributed by atoms with Crippen molar-refractivity contribution in [3.05, 3.63) is 51.5 Å². The Kier molecular flexibility index (Phi) is 4.61. The summed E-state index contributed by atoms with van der Waals surface area (Å²) in [5.41, 5.74) is 1.58. The fourth-order valence-electron chi connectivity index (χ4n) is 2.21. The third-order valence-corrected chi connectivity index (χ3v) is 4.71. The average Bonchev–Trinajstić information content (AvgIpc) is 2.82. The number of thiazole rings is 1. The van der Waals surface area contributed by atoms with E-state index in [9.17, 15) is 5.11 Å². The molecule has 1 aromatic carbocycles. The largest absolute Gasteiger partial charge is 0.385 e. The lowest BCUT2D eigenvalue weighted by Gasteiger charge is -2.17. The van der Waals surface area contributed by atoms with Gasteiger partial charge in [-0.3, -0.25) is 0 Å². The van der Waals surface area contributed by atoms with Crippen molar-refractivity contribution in [1.82, 2.24) is 4.98 Å². The van der Waals surface area contributed by atoms with Crippen LogP contribution in [0.3, 0.4) is 0 Å². The summed E-state index contributed by atoms with van der Waals surface area (Å²) >= 11 is 1.65. The topological polar surface area (TPSA) is 33.1 Å². The standard InChI is InChI=1S/C17H23NOS/c1-12(2)15-16(17(3,4)19)20-14(18-15)11-10-13-8-6-5-7-9-13/h5-9,12,19H,10-11H2,1-4H3. The third kappa shape index (κ3) is 3.68. The van der Waals surface area contributed by atoms with Gasteiger partial charge in [-0.25, -0.2) is 4.98 Å². The number of hydrogen-bond acceptors (Lipinski definition) is 3. The Morgan fingerprint density at radius 3 is 2.30 bits per heavy atom. The lowest BCUT2D eigenvalue weighted by Crippen LogP contribution is -2.16. The number of benzene rings is 1. The first-order valence-electron chi connectivity index (χ1n) is 7.14. The lowest BCUT2D eigenvalue weighted by atomic mass is 10.0. The van der Waals surface area contributed by atoms with Crippen LogP contribution in [-0.4, -0.2) is 10.1 Å². The molecular weight excluding hydrogens is 266 g/mol. The summed E-state index contributed by atoms with van der Waals surface area (Å²) in [5.74, 6) is 0.346. The van der Waals surface area contributed by atoms with E-state index in [1.54, 1.807) is 11.3 Å². The second kappa shape index (κ2) is 6.06. The highest BCUT2D eigenvalue weighted by atomic mass is 32.1. The average molecular weight is 289 g/mol. The number of aliphatic hydroxyl groups is 1. The molecule has 0 aliphatic carbocycles. The van der Waals surface area contributed by atoms with Crippen LogP contribution in [0.25, 0.3) is 0 Å². The van der Waals surface area contributed by atoms with Crippen LogP contribution in [0.2, 0.25) is 0 Å². The quantitative estimate of drug-likeness (QED) is 0.891. The van der Waals surface area contributed by atoms with E-state index >= 15 is 0 Å². The smallest absolute Gasteiger partial charge is 0.0951 e. The predicted molar refractivity (Wildman–Crippen MR) is 85.3 cm³/mol. The summed E-state index contributed by atoms with van der Waals surface area (Å²) in [6.45, 7) is 7.94. The molecule has 0 atom stereocenters. The molecule has 0 spiro atoms. The molecule has 2 nitrogen and oxygen atoms in total. The minimum absolute atomic E-state index is 0.346. The van der Waals surface area contributed by atoms with Crippen molar-refractivity contribution in [3.8, 4) is 0 Å². The van der Waals surface area contributed by atoms with Gasteiger partial charge in [-0.1, -0.05) is 44.2 Å². The van der Waals surface area contributed by atoms with E-state index in [4.69, 9.17) is 4.98 Å². The highest BCUT2D eigenvalue weighted by Crippen LogP contribution is 2.34. The second-order valence-electron chi connectivity index (χ2n) is 6.02. The molecule has 108 valence electrons. The van der Waals surface area contributed by atoms with E-state index in [2.05, 4.69) is 38.1 Å². The molecule has 0 saturated carbocycles. The van der Waals surface area contributed by atoms with Crippen LogP contribution in [-0.2, 0) is 18.4 Å². The molecule has 0 aliphatic heterocycles. The summed E-state index contributed by atoms with van der Waals surface area (Å²) in [6.07, 6.45) is 1.93. The van der Waals surface area contributed by atoms with Crippen LogP contribution >= 0.6 is 11.3 Å². The van der Waals surface area contributed by atoms with Crippen LogP contribution in [0.1, 0.15) is 54.8 Å². The first-order chi connectivity index (χ1) is 9.38. The summed E-state index contributed by atoms with van der Waals surface area (Å²) in [6, 6.07) is 10.5. The Bertz CT molecular complexity index is 552. The van der Waals surface area contributed by atoms with E-state index in [1.165, 1.54) is 5.56 Å². The molecule has 3 heteroatoms. The molecule has 1 aromatic heterocycles. The fourth-order valence-corrected chi connectivity index (χ4v) is 3.43.